The average Bonchev–Trinajstić information content (AvgIpc) is 2.90. The molecular formula is C23H41N3O. The molecule has 0 atom stereocenters. The molecule has 0 saturated carbocycles. The van der Waals surface area contributed by atoms with E-state index in [4.69, 9.17) is 0 Å². The highest BCUT2D eigenvalue weighted by atomic mass is 16.1. The van der Waals surface area contributed by atoms with Gasteiger partial charge in [0.15, 0.2) is 5.82 Å². The van der Waals surface area contributed by atoms with Gasteiger partial charge in [-0.2, -0.15) is 4.68 Å². The number of nitrogens with one attached hydrogen (secondary N) is 1. The number of rotatable bonds is 2. The van der Waals surface area contributed by atoms with Gasteiger partial charge in [0.1, 0.15) is 0 Å². The summed E-state index contributed by atoms with van der Waals surface area (Å²) in [6.07, 6.45) is 9.52. The van der Waals surface area contributed by atoms with Crippen molar-refractivity contribution in [1.82, 2.24) is 14.8 Å². The van der Waals surface area contributed by atoms with Crippen LogP contribution in [0.25, 0.3) is 11.3 Å². The van der Waals surface area contributed by atoms with E-state index in [1.54, 1.807) is 0 Å². The Morgan fingerprint density at radius 1 is 1.07 bits per heavy atom. The third-order valence-corrected chi connectivity index (χ3v) is 3.37. The van der Waals surface area contributed by atoms with Gasteiger partial charge >= 0.3 is 5.69 Å². The van der Waals surface area contributed by atoms with Gasteiger partial charge in [0, 0.05) is 7.00 Å². The van der Waals surface area contributed by atoms with E-state index in [9.17, 15) is 4.79 Å². The van der Waals surface area contributed by atoms with E-state index < -0.39 is 0 Å². The van der Waals surface area contributed by atoms with Gasteiger partial charge in [-0.15, -0.1) is 5.10 Å². The maximum absolute atomic E-state index is 12.1. The Morgan fingerprint density at radius 3 is 2.37 bits per heavy atom. The predicted octanol–water partition coefficient (Wildman–Crippen LogP) is 6.95. The average molecular weight is 376 g/mol. The van der Waals surface area contributed by atoms with Crippen molar-refractivity contribution < 1.29 is 1.43 Å². The number of nitrogens with zero attached hydrogens (tertiary/aromatic N) is 2. The van der Waals surface area contributed by atoms with Crippen LogP contribution in [0.1, 0.15) is 81.0 Å². The highest BCUT2D eigenvalue weighted by molar-refractivity contribution is 5.69. The second-order valence-corrected chi connectivity index (χ2v) is 5.02. The minimum atomic E-state index is -0.204. The topological polar surface area (TPSA) is 50.7 Å². The lowest BCUT2D eigenvalue weighted by Gasteiger charge is -2.00. The lowest BCUT2D eigenvalue weighted by atomic mass is 10.2. The van der Waals surface area contributed by atoms with Gasteiger partial charge in [0.2, 0.25) is 0 Å². The van der Waals surface area contributed by atoms with E-state index >= 15 is 0 Å². The first-order valence-electron chi connectivity index (χ1n) is 9.87. The third-order valence-electron chi connectivity index (χ3n) is 3.37. The van der Waals surface area contributed by atoms with Gasteiger partial charge in [-0.1, -0.05) is 79.3 Å². The summed E-state index contributed by atoms with van der Waals surface area (Å²) in [4.78, 5) is 14.9. The molecule has 0 amide bonds. The van der Waals surface area contributed by atoms with E-state index in [-0.39, 0.29) is 14.5 Å². The standard InChI is InChI=1S/C16H17N3O.3C2H6.CH4.H2/c1-12-7-6-10-14(11-12)19-16(20)17-15(18-19)13-8-4-2-3-5-9-13;3*1-2;;/h4,6-11H,2-3,5H2,1H3,(H,17,18,20);3*1-2H3;1H4;1H. The number of H-pyrrole nitrogens is 1. The fourth-order valence-electron chi connectivity index (χ4n) is 2.34. The summed E-state index contributed by atoms with van der Waals surface area (Å²) >= 11 is 0. The summed E-state index contributed by atoms with van der Waals surface area (Å²) in [6, 6.07) is 7.76. The molecule has 1 heterocycles. The molecule has 0 fully saturated rings. The molecule has 1 aliphatic carbocycles. The molecule has 2 aromatic rings. The van der Waals surface area contributed by atoms with Gasteiger partial charge in [0.25, 0.3) is 0 Å². The smallest absolute Gasteiger partial charge is 0.288 e. The molecule has 4 nitrogen and oxygen atoms in total. The van der Waals surface area contributed by atoms with E-state index in [0.29, 0.717) is 5.82 Å². The fraction of sp³-hybridized carbons (Fsp3) is 0.478. The zero-order valence-corrected chi connectivity index (χ0v) is 17.5. The highest BCUT2D eigenvalue weighted by Crippen LogP contribution is 2.17. The predicted molar refractivity (Wildman–Crippen MR) is 123 cm³/mol. The second-order valence-electron chi connectivity index (χ2n) is 5.02. The van der Waals surface area contributed by atoms with Crippen LogP contribution in [0.4, 0.5) is 0 Å². The number of aromatic amines is 1. The number of aryl methyl sites for hydroxylation is 1. The van der Waals surface area contributed by atoms with Crippen molar-refractivity contribution in [3.8, 4) is 5.69 Å². The van der Waals surface area contributed by atoms with Gasteiger partial charge in [0.05, 0.1) is 5.69 Å². The first-order valence-corrected chi connectivity index (χ1v) is 9.87. The number of hydrogen-bond acceptors (Lipinski definition) is 2. The summed E-state index contributed by atoms with van der Waals surface area (Å²) in [5, 5.41) is 4.42. The van der Waals surface area contributed by atoms with Crippen LogP contribution < -0.4 is 5.69 Å². The van der Waals surface area contributed by atoms with Crippen LogP contribution in [0, 0.1) is 6.92 Å². The minimum Gasteiger partial charge on any atom is -0.288 e. The Kier molecular flexibility index (Phi) is 15.8. The van der Waals surface area contributed by atoms with Crippen molar-refractivity contribution in [2.45, 2.75) is 75.2 Å². The van der Waals surface area contributed by atoms with Crippen LogP contribution in [0.15, 0.2) is 47.3 Å². The van der Waals surface area contributed by atoms with Crippen LogP contribution >= 0.6 is 0 Å². The van der Waals surface area contributed by atoms with Crippen molar-refractivity contribution in [3.63, 3.8) is 0 Å². The summed E-state index contributed by atoms with van der Waals surface area (Å²) in [5.74, 6) is 0.634. The summed E-state index contributed by atoms with van der Waals surface area (Å²) < 4.78 is 1.42. The molecule has 1 aromatic carbocycles. The molecule has 1 aromatic heterocycles. The Morgan fingerprint density at radius 2 is 1.74 bits per heavy atom. The van der Waals surface area contributed by atoms with Crippen LogP contribution in [0.3, 0.4) is 0 Å². The van der Waals surface area contributed by atoms with Gasteiger partial charge in [-0.25, -0.2) is 4.79 Å². The highest BCUT2D eigenvalue weighted by Gasteiger charge is 2.10. The Hall–Kier alpha value is -2.36. The van der Waals surface area contributed by atoms with Crippen molar-refractivity contribution >= 4 is 5.57 Å². The van der Waals surface area contributed by atoms with Crippen LogP contribution in [0.5, 0.6) is 0 Å². The van der Waals surface area contributed by atoms with Crippen LogP contribution in [0.2, 0.25) is 0 Å². The molecule has 27 heavy (non-hydrogen) atoms. The zero-order chi connectivity index (χ0) is 19.9. The Bertz CT molecular complexity index is 742. The van der Waals surface area contributed by atoms with Crippen LogP contribution in [-0.4, -0.2) is 14.8 Å². The lowest BCUT2D eigenvalue weighted by Crippen LogP contribution is -2.15. The maximum atomic E-state index is 12.1. The first-order chi connectivity index (χ1) is 12.7. The minimum absolute atomic E-state index is 0. The first kappa shape index (κ1) is 26.9. The molecule has 3 rings (SSSR count). The van der Waals surface area contributed by atoms with E-state index in [1.165, 1.54) is 4.68 Å². The molecule has 1 N–H and O–H groups in total. The maximum Gasteiger partial charge on any atom is 0.348 e. The summed E-state index contributed by atoms with van der Waals surface area (Å²) in [7, 11) is 0. The number of benzene rings is 1. The molecule has 0 saturated heterocycles. The number of aromatic nitrogens is 3. The fourth-order valence-corrected chi connectivity index (χ4v) is 2.34. The lowest BCUT2D eigenvalue weighted by molar-refractivity contribution is 0.838. The molecule has 4 heteroatoms. The molecule has 0 spiro atoms. The SMILES string of the molecule is C.CC.CC.CC.Cc1cccc(-n2nc(C3=CCCCC=C3)[nH]c2=O)c1.[HH]. The van der Waals surface area contributed by atoms with E-state index in [1.807, 2.05) is 78.8 Å². The monoisotopic (exact) mass is 375 g/mol. The van der Waals surface area contributed by atoms with Crippen molar-refractivity contribution in [2.24, 2.45) is 0 Å². The van der Waals surface area contributed by atoms with Crippen molar-refractivity contribution in [3.05, 3.63) is 64.4 Å². The van der Waals surface area contributed by atoms with Crippen molar-refractivity contribution in [2.75, 3.05) is 0 Å². The zero-order valence-electron chi connectivity index (χ0n) is 17.5. The Balaban J connectivity index is -0.000000716. The third kappa shape index (κ3) is 8.25. The molecular weight excluding hydrogens is 334 g/mol. The number of hydrogen-bond donors (Lipinski definition) is 1. The van der Waals surface area contributed by atoms with Gasteiger partial charge in [-0.3, -0.25) is 4.98 Å². The van der Waals surface area contributed by atoms with Crippen LogP contribution in [-0.2, 0) is 0 Å². The molecule has 154 valence electrons. The van der Waals surface area contributed by atoms with E-state index in [0.717, 1.165) is 36.1 Å². The second kappa shape index (κ2) is 15.9. The summed E-state index contributed by atoms with van der Waals surface area (Å²) in [5.41, 5.74) is 2.68. The van der Waals surface area contributed by atoms with Gasteiger partial charge < -0.3 is 0 Å². The largest absolute Gasteiger partial charge is 0.348 e. The Labute approximate surface area is 167 Å². The molecule has 0 radical (unpaired) electrons. The molecule has 0 bridgehead atoms. The molecule has 1 aliphatic rings. The summed E-state index contributed by atoms with van der Waals surface area (Å²) in [6.45, 7) is 14.0. The normalized spacial score (nSPS) is 11.7. The van der Waals surface area contributed by atoms with Crippen molar-refractivity contribution in [1.29, 1.82) is 0 Å². The van der Waals surface area contributed by atoms with E-state index in [2.05, 4.69) is 22.2 Å². The van der Waals surface area contributed by atoms with Gasteiger partial charge in [-0.05, 0) is 43.9 Å². The molecule has 0 unspecified atom stereocenters. The molecule has 0 aliphatic heterocycles. The quantitative estimate of drug-likeness (QED) is 0.617. The number of allylic oxidation sites excluding steroid dienone is 4.